The SMILES string of the molecule is Cc1cccc(Cc2cccc(C3CCCN(C(=O)c4ccc(=O)[nH]c4)C3)n2)c1. The van der Waals surface area contributed by atoms with Crippen LogP contribution in [0.2, 0.25) is 0 Å². The maximum absolute atomic E-state index is 12.8. The monoisotopic (exact) mass is 387 g/mol. The third-order valence-electron chi connectivity index (χ3n) is 5.45. The van der Waals surface area contributed by atoms with Crippen LogP contribution in [0.3, 0.4) is 0 Å². The lowest BCUT2D eigenvalue weighted by molar-refractivity contribution is 0.0705. The van der Waals surface area contributed by atoms with Crippen LogP contribution in [0.25, 0.3) is 0 Å². The van der Waals surface area contributed by atoms with Crippen LogP contribution in [0.4, 0.5) is 0 Å². The number of nitrogens with zero attached hydrogens (tertiary/aromatic N) is 2. The Bertz CT molecular complexity index is 1050. The van der Waals surface area contributed by atoms with E-state index in [0.29, 0.717) is 12.1 Å². The standard InChI is InChI=1S/C24H25N3O2/c1-17-5-2-6-18(13-17)14-21-8-3-9-22(26-21)20-7-4-12-27(16-20)24(29)19-10-11-23(28)25-15-19/h2-3,5-6,8-11,13,15,20H,4,7,12,14,16H2,1H3,(H,25,28). The molecule has 0 radical (unpaired) electrons. The first kappa shape index (κ1) is 19.1. The van der Waals surface area contributed by atoms with Gasteiger partial charge in [-0.2, -0.15) is 0 Å². The number of nitrogens with one attached hydrogen (secondary N) is 1. The number of H-pyrrole nitrogens is 1. The van der Waals surface area contributed by atoms with Crippen molar-refractivity contribution in [3.63, 3.8) is 0 Å². The Morgan fingerprint density at radius 1 is 1.17 bits per heavy atom. The molecule has 29 heavy (non-hydrogen) atoms. The molecule has 0 saturated carbocycles. The van der Waals surface area contributed by atoms with Crippen molar-refractivity contribution in [3.05, 3.63) is 99.2 Å². The highest BCUT2D eigenvalue weighted by atomic mass is 16.2. The zero-order chi connectivity index (χ0) is 20.2. The number of carbonyl (C=O) groups excluding carboxylic acids is 1. The second-order valence-corrected chi connectivity index (χ2v) is 7.75. The Morgan fingerprint density at radius 2 is 2.03 bits per heavy atom. The molecule has 1 aromatic carbocycles. The van der Waals surface area contributed by atoms with E-state index in [0.717, 1.165) is 37.2 Å². The summed E-state index contributed by atoms with van der Waals surface area (Å²) in [7, 11) is 0. The minimum absolute atomic E-state index is 0.0399. The van der Waals surface area contributed by atoms with Crippen molar-refractivity contribution in [1.82, 2.24) is 14.9 Å². The Kier molecular flexibility index (Phi) is 5.56. The second kappa shape index (κ2) is 8.43. The highest BCUT2D eigenvalue weighted by Crippen LogP contribution is 2.27. The average molecular weight is 387 g/mol. The number of aromatic amines is 1. The predicted octanol–water partition coefficient (Wildman–Crippen LogP) is 3.69. The topological polar surface area (TPSA) is 66.1 Å². The van der Waals surface area contributed by atoms with Crippen LogP contribution in [0.5, 0.6) is 0 Å². The zero-order valence-electron chi connectivity index (χ0n) is 16.6. The molecule has 1 unspecified atom stereocenters. The average Bonchev–Trinajstić information content (AvgIpc) is 2.74. The number of carbonyl (C=O) groups is 1. The van der Waals surface area contributed by atoms with E-state index in [1.165, 1.54) is 23.4 Å². The zero-order valence-corrected chi connectivity index (χ0v) is 16.6. The van der Waals surface area contributed by atoms with Crippen LogP contribution in [-0.2, 0) is 6.42 Å². The van der Waals surface area contributed by atoms with E-state index in [1.807, 2.05) is 4.90 Å². The third-order valence-corrected chi connectivity index (χ3v) is 5.45. The van der Waals surface area contributed by atoms with Crippen molar-refractivity contribution in [3.8, 4) is 0 Å². The molecule has 148 valence electrons. The first-order valence-electron chi connectivity index (χ1n) is 10.1. The van der Waals surface area contributed by atoms with Gasteiger partial charge in [0.2, 0.25) is 5.56 Å². The van der Waals surface area contributed by atoms with Gasteiger partial charge in [-0.1, -0.05) is 35.9 Å². The molecule has 5 heteroatoms. The van der Waals surface area contributed by atoms with Gasteiger partial charge in [0.1, 0.15) is 0 Å². The summed E-state index contributed by atoms with van der Waals surface area (Å²) in [6.07, 6.45) is 4.27. The Balaban J connectivity index is 1.48. The lowest BCUT2D eigenvalue weighted by atomic mass is 9.93. The summed E-state index contributed by atoms with van der Waals surface area (Å²) in [6.45, 7) is 3.49. The van der Waals surface area contributed by atoms with Gasteiger partial charge in [0, 0.05) is 49.1 Å². The largest absolute Gasteiger partial charge is 0.338 e. The van der Waals surface area contributed by atoms with Crippen molar-refractivity contribution in [2.45, 2.75) is 32.1 Å². The fraction of sp³-hybridized carbons (Fsp3) is 0.292. The summed E-state index contributed by atoms with van der Waals surface area (Å²) in [5.41, 5.74) is 4.93. The molecular weight excluding hydrogens is 362 g/mol. The molecule has 1 atom stereocenters. The summed E-state index contributed by atoms with van der Waals surface area (Å²) in [6, 6.07) is 17.7. The van der Waals surface area contributed by atoms with Gasteiger partial charge in [0.15, 0.2) is 0 Å². The summed E-state index contributed by atoms with van der Waals surface area (Å²) < 4.78 is 0. The Labute approximate surface area is 170 Å². The number of benzene rings is 1. The van der Waals surface area contributed by atoms with Gasteiger partial charge in [-0.15, -0.1) is 0 Å². The van der Waals surface area contributed by atoms with Gasteiger partial charge in [-0.3, -0.25) is 14.6 Å². The van der Waals surface area contributed by atoms with Crippen LogP contribution in [0.15, 0.2) is 65.6 Å². The van der Waals surface area contributed by atoms with Gasteiger partial charge in [-0.25, -0.2) is 0 Å². The molecule has 4 rings (SSSR count). The number of hydrogen-bond acceptors (Lipinski definition) is 3. The molecule has 5 nitrogen and oxygen atoms in total. The van der Waals surface area contributed by atoms with Gasteiger partial charge < -0.3 is 9.88 Å². The number of pyridine rings is 2. The fourth-order valence-electron chi connectivity index (χ4n) is 3.98. The summed E-state index contributed by atoms with van der Waals surface area (Å²) >= 11 is 0. The van der Waals surface area contributed by atoms with E-state index >= 15 is 0 Å². The predicted molar refractivity (Wildman–Crippen MR) is 113 cm³/mol. The summed E-state index contributed by atoms with van der Waals surface area (Å²) in [4.78, 5) is 33.4. The smallest absolute Gasteiger partial charge is 0.255 e. The third kappa shape index (κ3) is 4.62. The van der Waals surface area contributed by atoms with Crippen molar-refractivity contribution >= 4 is 5.91 Å². The molecular formula is C24H25N3O2. The number of amides is 1. The number of aromatic nitrogens is 2. The van der Waals surface area contributed by atoms with Crippen molar-refractivity contribution in [1.29, 1.82) is 0 Å². The molecule has 0 aliphatic carbocycles. The molecule has 1 saturated heterocycles. The molecule has 1 aliphatic heterocycles. The number of rotatable bonds is 4. The molecule has 1 fully saturated rings. The highest BCUT2D eigenvalue weighted by Gasteiger charge is 2.26. The lowest BCUT2D eigenvalue weighted by Crippen LogP contribution is -2.39. The van der Waals surface area contributed by atoms with E-state index in [4.69, 9.17) is 4.98 Å². The highest BCUT2D eigenvalue weighted by molar-refractivity contribution is 5.94. The molecule has 1 amide bonds. The first-order valence-corrected chi connectivity index (χ1v) is 10.1. The molecule has 0 bridgehead atoms. The van der Waals surface area contributed by atoms with Crippen molar-refractivity contribution in [2.24, 2.45) is 0 Å². The molecule has 3 heterocycles. The van der Waals surface area contributed by atoms with E-state index in [2.05, 4.69) is 54.4 Å². The molecule has 1 N–H and O–H groups in total. The van der Waals surface area contributed by atoms with Crippen LogP contribution in [0.1, 0.15) is 51.6 Å². The van der Waals surface area contributed by atoms with Crippen LogP contribution >= 0.6 is 0 Å². The van der Waals surface area contributed by atoms with E-state index in [1.54, 1.807) is 6.07 Å². The fourth-order valence-corrected chi connectivity index (χ4v) is 3.98. The molecule has 0 spiro atoms. The molecule has 3 aromatic rings. The second-order valence-electron chi connectivity index (χ2n) is 7.75. The minimum Gasteiger partial charge on any atom is -0.338 e. The Hall–Kier alpha value is -3.21. The lowest BCUT2D eigenvalue weighted by Gasteiger charge is -2.32. The van der Waals surface area contributed by atoms with E-state index < -0.39 is 0 Å². The van der Waals surface area contributed by atoms with Crippen LogP contribution in [0, 0.1) is 6.92 Å². The van der Waals surface area contributed by atoms with Crippen molar-refractivity contribution in [2.75, 3.05) is 13.1 Å². The minimum atomic E-state index is -0.201. The first-order chi connectivity index (χ1) is 14.1. The van der Waals surface area contributed by atoms with Gasteiger partial charge in [-0.05, 0) is 43.5 Å². The van der Waals surface area contributed by atoms with Crippen LogP contribution < -0.4 is 5.56 Å². The van der Waals surface area contributed by atoms with Crippen molar-refractivity contribution < 1.29 is 4.79 Å². The number of piperidine rings is 1. The number of aryl methyl sites for hydroxylation is 1. The normalized spacial score (nSPS) is 16.6. The number of hydrogen-bond donors (Lipinski definition) is 1. The summed E-state index contributed by atoms with van der Waals surface area (Å²) in [5.74, 6) is 0.190. The van der Waals surface area contributed by atoms with Gasteiger partial charge in [0.05, 0.1) is 5.56 Å². The molecule has 2 aromatic heterocycles. The van der Waals surface area contributed by atoms with Gasteiger partial charge in [0.25, 0.3) is 5.91 Å². The number of likely N-dealkylation sites (tertiary alicyclic amines) is 1. The maximum atomic E-state index is 12.8. The molecule has 1 aliphatic rings. The Morgan fingerprint density at radius 3 is 2.83 bits per heavy atom. The van der Waals surface area contributed by atoms with Crippen LogP contribution in [-0.4, -0.2) is 33.9 Å². The quantitative estimate of drug-likeness (QED) is 0.742. The van der Waals surface area contributed by atoms with Gasteiger partial charge >= 0.3 is 0 Å². The van der Waals surface area contributed by atoms with E-state index in [9.17, 15) is 9.59 Å². The summed E-state index contributed by atoms with van der Waals surface area (Å²) in [5, 5.41) is 0. The van der Waals surface area contributed by atoms with E-state index in [-0.39, 0.29) is 17.4 Å². The maximum Gasteiger partial charge on any atom is 0.255 e.